The Morgan fingerprint density at radius 1 is 1.21 bits per heavy atom. The first-order valence-corrected chi connectivity index (χ1v) is 9.85. The van der Waals surface area contributed by atoms with E-state index in [2.05, 4.69) is 16.5 Å². The monoisotopic (exact) mass is 396 g/mol. The third-order valence-electron chi connectivity index (χ3n) is 4.67. The molecule has 0 radical (unpaired) electrons. The molecule has 3 aromatic heterocycles. The quantitative estimate of drug-likeness (QED) is 0.543. The first-order chi connectivity index (χ1) is 13.5. The summed E-state index contributed by atoms with van der Waals surface area (Å²) in [5.74, 6) is -0.774. The van der Waals surface area contributed by atoms with Crippen molar-refractivity contribution >= 4 is 28.3 Å². The zero-order chi connectivity index (χ0) is 19.7. The Balaban J connectivity index is 1.40. The lowest BCUT2D eigenvalue weighted by Gasteiger charge is -2.08. The van der Waals surface area contributed by atoms with Gasteiger partial charge in [-0.1, -0.05) is 18.2 Å². The fraction of sp³-hybridized carbons (Fsp3) is 0.250. The highest BCUT2D eigenvalue weighted by atomic mass is 32.1. The average Bonchev–Trinajstić information content (AvgIpc) is 3.35. The van der Waals surface area contributed by atoms with Crippen LogP contribution in [0.3, 0.4) is 0 Å². The number of rotatable bonds is 6. The van der Waals surface area contributed by atoms with E-state index < -0.39 is 5.76 Å². The van der Waals surface area contributed by atoms with Crippen LogP contribution in [0.2, 0.25) is 0 Å². The largest absolute Gasteiger partial charge is 0.420 e. The zero-order valence-electron chi connectivity index (χ0n) is 15.6. The van der Waals surface area contributed by atoms with Gasteiger partial charge in [-0.15, -0.1) is 11.3 Å². The topological polar surface area (TPSA) is 82.1 Å². The van der Waals surface area contributed by atoms with Gasteiger partial charge in [0, 0.05) is 22.7 Å². The number of aromatic nitrogens is 3. The van der Waals surface area contributed by atoms with Crippen molar-refractivity contribution in [2.45, 2.75) is 26.9 Å². The third kappa shape index (κ3) is 3.38. The number of hydrogen-bond acceptors (Lipinski definition) is 5. The van der Waals surface area contributed by atoms with E-state index in [9.17, 15) is 9.59 Å². The molecule has 1 amide bonds. The van der Waals surface area contributed by atoms with Gasteiger partial charge in [0.25, 0.3) is 0 Å². The maximum atomic E-state index is 12.3. The lowest BCUT2D eigenvalue weighted by atomic mass is 10.1. The Labute approximate surface area is 165 Å². The molecule has 28 heavy (non-hydrogen) atoms. The number of aryl methyl sites for hydroxylation is 1. The Morgan fingerprint density at radius 3 is 2.82 bits per heavy atom. The molecule has 7 nitrogen and oxygen atoms in total. The highest BCUT2D eigenvalue weighted by Gasteiger charge is 2.15. The van der Waals surface area contributed by atoms with Crippen molar-refractivity contribution < 1.29 is 9.21 Å². The minimum atomic E-state index is -0.532. The molecule has 144 valence electrons. The maximum absolute atomic E-state index is 12.3. The summed E-state index contributed by atoms with van der Waals surface area (Å²) < 4.78 is 8.40. The van der Waals surface area contributed by atoms with Crippen LogP contribution in [0.1, 0.15) is 11.4 Å². The molecule has 0 bridgehead atoms. The number of fused-ring (bicyclic) bond motifs is 1. The second kappa shape index (κ2) is 7.47. The van der Waals surface area contributed by atoms with Gasteiger partial charge in [-0.25, -0.2) is 4.79 Å². The van der Waals surface area contributed by atoms with Gasteiger partial charge in [0.15, 0.2) is 5.58 Å². The van der Waals surface area contributed by atoms with Crippen LogP contribution in [0.5, 0.6) is 0 Å². The van der Waals surface area contributed by atoms with Crippen molar-refractivity contribution in [3.8, 4) is 10.4 Å². The molecule has 0 fully saturated rings. The molecule has 0 spiro atoms. The second-order valence-corrected chi connectivity index (χ2v) is 7.47. The van der Waals surface area contributed by atoms with Gasteiger partial charge < -0.3 is 9.73 Å². The van der Waals surface area contributed by atoms with Gasteiger partial charge >= 0.3 is 5.76 Å². The molecule has 0 unspecified atom stereocenters. The molecule has 8 heteroatoms. The number of oxazole rings is 1. The average molecular weight is 396 g/mol. The Bertz CT molecular complexity index is 1180. The van der Waals surface area contributed by atoms with Crippen LogP contribution in [0.15, 0.2) is 51.0 Å². The predicted octanol–water partition coefficient (Wildman–Crippen LogP) is 2.95. The van der Waals surface area contributed by atoms with Crippen molar-refractivity contribution in [3.63, 3.8) is 0 Å². The van der Waals surface area contributed by atoms with Crippen LogP contribution in [0.4, 0.5) is 0 Å². The summed E-state index contributed by atoms with van der Waals surface area (Å²) in [6, 6.07) is 11.2. The molecule has 0 saturated heterocycles. The maximum Gasteiger partial charge on any atom is 0.420 e. The first-order valence-electron chi connectivity index (χ1n) is 8.97. The normalized spacial score (nSPS) is 11.2. The van der Waals surface area contributed by atoms with Gasteiger partial charge in [0.05, 0.1) is 17.8 Å². The first kappa shape index (κ1) is 18.2. The molecular formula is C20H20N4O3S. The second-order valence-electron chi connectivity index (χ2n) is 6.52. The fourth-order valence-electron chi connectivity index (χ4n) is 3.36. The summed E-state index contributed by atoms with van der Waals surface area (Å²) in [4.78, 5) is 25.5. The van der Waals surface area contributed by atoms with E-state index in [1.807, 2.05) is 30.0 Å². The number of hydrogen-bond donors (Lipinski definition) is 1. The summed E-state index contributed by atoms with van der Waals surface area (Å²) >= 11 is 1.69. The van der Waals surface area contributed by atoms with Gasteiger partial charge in [-0.3, -0.25) is 14.0 Å². The Hall–Kier alpha value is -3.13. The van der Waals surface area contributed by atoms with Crippen LogP contribution in [-0.4, -0.2) is 26.8 Å². The SMILES string of the molecule is Cc1nn(CCNC(=O)Cn2c(=O)oc3ccccc32)c(C)c1-c1cccs1. The van der Waals surface area contributed by atoms with Crippen molar-refractivity contribution in [1.82, 2.24) is 19.7 Å². The van der Waals surface area contributed by atoms with Crippen LogP contribution in [0.25, 0.3) is 21.5 Å². The van der Waals surface area contributed by atoms with E-state index in [1.165, 1.54) is 9.44 Å². The van der Waals surface area contributed by atoms with Crippen molar-refractivity contribution in [3.05, 3.63) is 63.7 Å². The molecule has 0 aliphatic rings. The number of carbonyl (C=O) groups excluding carboxylic acids is 1. The van der Waals surface area contributed by atoms with Crippen LogP contribution in [-0.2, 0) is 17.9 Å². The zero-order valence-corrected chi connectivity index (χ0v) is 16.5. The van der Waals surface area contributed by atoms with Crippen LogP contribution < -0.4 is 11.1 Å². The molecule has 4 rings (SSSR count). The van der Waals surface area contributed by atoms with E-state index in [0.29, 0.717) is 24.2 Å². The molecule has 0 aliphatic carbocycles. The summed E-state index contributed by atoms with van der Waals surface area (Å²) in [5.41, 5.74) is 4.29. The van der Waals surface area contributed by atoms with Crippen molar-refractivity contribution in [1.29, 1.82) is 0 Å². The molecule has 0 atom stereocenters. The van der Waals surface area contributed by atoms with Gasteiger partial charge in [-0.2, -0.15) is 5.10 Å². The van der Waals surface area contributed by atoms with Crippen molar-refractivity contribution in [2.24, 2.45) is 0 Å². The number of thiophene rings is 1. The van der Waals surface area contributed by atoms with Gasteiger partial charge in [0.2, 0.25) is 5.91 Å². The Morgan fingerprint density at radius 2 is 2.04 bits per heavy atom. The number of para-hydroxylation sites is 2. The van der Waals surface area contributed by atoms with Crippen LogP contribution >= 0.6 is 11.3 Å². The predicted molar refractivity (Wildman–Crippen MR) is 108 cm³/mol. The lowest BCUT2D eigenvalue weighted by molar-refractivity contribution is -0.121. The van der Waals surface area contributed by atoms with Crippen molar-refractivity contribution in [2.75, 3.05) is 6.54 Å². The van der Waals surface area contributed by atoms with E-state index in [-0.39, 0.29) is 12.5 Å². The minimum Gasteiger partial charge on any atom is -0.408 e. The van der Waals surface area contributed by atoms with E-state index in [0.717, 1.165) is 17.0 Å². The Kier molecular flexibility index (Phi) is 4.87. The summed E-state index contributed by atoms with van der Waals surface area (Å²) in [6.45, 7) is 4.94. The smallest absolute Gasteiger partial charge is 0.408 e. The number of carbonyl (C=O) groups is 1. The number of nitrogens with zero attached hydrogens (tertiary/aromatic N) is 3. The van der Waals surface area contributed by atoms with E-state index in [4.69, 9.17) is 4.42 Å². The number of benzene rings is 1. The molecule has 4 aromatic rings. The highest BCUT2D eigenvalue weighted by Crippen LogP contribution is 2.30. The molecule has 3 heterocycles. The van der Waals surface area contributed by atoms with Crippen LogP contribution in [0, 0.1) is 13.8 Å². The number of amides is 1. The number of nitrogens with one attached hydrogen (secondary N) is 1. The molecule has 0 aliphatic heterocycles. The summed E-state index contributed by atoms with van der Waals surface area (Å²) in [6.07, 6.45) is 0. The van der Waals surface area contributed by atoms with E-state index >= 15 is 0 Å². The van der Waals surface area contributed by atoms with Gasteiger partial charge in [0.1, 0.15) is 6.54 Å². The van der Waals surface area contributed by atoms with E-state index in [1.54, 1.807) is 35.6 Å². The van der Waals surface area contributed by atoms with Gasteiger partial charge in [-0.05, 0) is 37.4 Å². The molecule has 1 N–H and O–H groups in total. The standard InChI is InChI=1S/C20H20N4O3S/c1-13-19(17-8-5-11-28-17)14(2)24(22-13)10-9-21-18(25)12-23-15-6-3-4-7-16(15)27-20(23)26/h3-8,11H,9-10,12H2,1-2H3,(H,21,25). The molecule has 0 saturated carbocycles. The summed E-state index contributed by atoms with van der Waals surface area (Å²) in [5, 5.41) is 9.50. The molecule has 1 aromatic carbocycles. The fourth-order valence-corrected chi connectivity index (χ4v) is 4.23. The lowest BCUT2D eigenvalue weighted by Crippen LogP contribution is -2.33. The minimum absolute atomic E-state index is 0.0760. The highest BCUT2D eigenvalue weighted by molar-refractivity contribution is 7.13. The third-order valence-corrected chi connectivity index (χ3v) is 5.56. The molecular weight excluding hydrogens is 376 g/mol. The summed E-state index contributed by atoms with van der Waals surface area (Å²) in [7, 11) is 0.